The van der Waals surface area contributed by atoms with Gasteiger partial charge >= 0.3 is 0 Å². The second-order valence-electron chi connectivity index (χ2n) is 2.83. The zero-order valence-electron chi connectivity index (χ0n) is 7.70. The monoisotopic (exact) mass is 217 g/mol. The molecule has 4 nitrogen and oxygen atoms in total. The van der Waals surface area contributed by atoms with Crippen molar-refractivity contribution in [3.8, 4) is 11.5 Å². The molecule has 0 aromatic heterocycles. The molecule has 78 valence electrons. The predicted molar refractivity (Wildman–Crippen MR) is 53.7 cm³/mol. The van der Waals surface area contributed by atoms with Crippen molar-refractivity contribution in [2.24, 2.45) is 5.73 Å². The zero-order chi connectivity index (χ0) is 10.7. The summed E-state index contributed by atoms with van der Waals surface area (Å²) in [4.78, 5) is 0. The van der Waals surface area contributed by atoms with Crippen LogP contribution in [0, 0.1) is 0 Å². The molecule has 0 saturated heterocycles. The Morgan fingerprint density at radius 3 is 2.71 bits per heavy atom. The molecule has 14 heavy (non-hydrogen) atoms. The number of ether oxygens (including phenoxy) is 1. The van der Waals surface area contributed by atoms with E-state index in [1.807, 2.05) is 0 Å². The van der Waals surface area contributed by atoms with E-state index in [9.17, 15) is 5.11 Å². The van der Waals surface area contributed by atoms with Crippen molar-refractivity contribution in [2.75, 3.05) is 13.7 Å². The minimum Gasteiger partial charge on any atom is -0.504 e. The summed E-state index contributed by atoms with van der Waals surface area (Å²) in [7, 11) is 1.43. The fourth-order valence-corrected chi connectivity index (χ4v) is 1.40. The topological polar surface area (TPSA) is 75.7 Å². The summed E-state index contributed by atoms with van der Waals surface area (Å²) >= 11 is 5.87. The van der Waals surface area contributed by atoms with Crippen LogP contribution in [0.2, 0.25) is 5.02 Å². The molecule has 0 bridgehead atoms. The number of phenols is 1. The lowest BCUT2D eigenvalue weighted by atomic mass is 10.1. The zero-order valence-corrected chi connectivity index (χ0v) is 8.45. The second-order valence-corrected chi connectivity index (χ2v) is 3.24. The molecular weight excluding hydrogens is 206 g/mol. The molecule has 0 spiro atoms. The third-order valence-electron chi connectivity index (χ3n) is 1.89. The number of phenolic OH excluding ortho intramolecular Hbond substituents is 1. The molecule has 0 aliphatic heterocycles. The first-order valence-corrected chi connectivity index (χ1v) is 4.40. The molecule has 4 N–H and O–H groups in total. The molecule has 0 fully saturated rings. The first-order chi connectivity index (χ1) is 6.60. The summed E-state index contributed by atoms with van der Waals surface area (Å²) in [6.07, 6.45) is 0. The van der Waals surface area contributed by atoms with Crippen molar-refractivity contribution in [3.05, 3.63) is 22.7 Å². The van der Waals surface area contributed by atoms with E-state index in [-0.39, 0.29) is 18.1 Å². The normalized spacial score (nSPS) is 12.6. The summed E-state index contributed by atoms with van der Waals surface area (Å²) in [6.45, 7) is -0.231. The smallest absolute Gasteiger partial charge is 0.161 e. The number of aliphatic hydroxyl groups excluding tert-OH is 1. The molecule has 5 heteroatoms. The Morgan fingerprint density at radius 2 is 2.21 bits per heavy atom. The Balaban J connectivity index is 3.14. The molecule has 1 atom stereocenters. The molecule has 0 saturated carbocycles. The fraction of sp³-hybridized carbons (Fsp3) is 0.333. The summed E-state index contributed by atoms with van der Waals surface area (Å²) in [5.41, 5.74) is 6.06. The van der Waals surface area contributed by atoms with Crippen LogP contribution in [-0.2, 0) is 0 Å². The highest BCUT2D eigenvalue weighted by Gasteiger charge is 2.13. The van der Waals surface area contributed by atoms with Gasteiger partial charge in [0, 0.05) is 11.1 Å². The third kappa shape index (κ3) is 2.09. The van der Waals surface area contributed by atoms with Crippen LogP contribution in [0.5, 0.6) is 11.5 Å². The number of hydrogen-bond acceptors (Lipinski definition) is 4. The quantitative estimate of drug-likeness (QED) is 0.707. The van der Waals surface area contributed by atoms with E-state index in [4.69, 9.17) is 27.2 Å². The standard InChI is InChI=1S/C9H12ClNO3/c1-14-9-3-6(10)5(2-8(9)13)7(11)4-12/h2-3,7,12-13H,4,11H2,1H3. The van der Waals surface area contributed by atoms with Gasteiger partial charge in [-0.05, 0) is 11.6 Å². The first-order valence-electron chi connectivity index (χ1n) is 4.03. The molecule has 1 unspecified atom stereocenters. The van der Waals surface area contributed by atoms with Gasteiger partial charge in [-0.3, -0.25) is 0 Å². The number of halogens is 1. The number of methoxy groups -OCH3 is 1. The van der Waals surface area contributed by atoms with Crippen molar-refractivity contribution in [3.63, 3.8) is 0 Å². The highest BCUT2D eigenvalue weighted by Crippen LogP contribution is 2.34. The maximum atomic E-state index is 9.44. The van der Waals surface area contributed by atoms with Gasteiger partial charge in [-0.2, -0.15) is 0 Å². The first kappa shape index (κ1) is 11.1. The van der Waals surface area contributed by atoms with Crippen molar-refractivity contribution in [1.29, 1.82) is 0 Å². The fourth-order valence-electron chi connectivity index (χ4n) is 1.11. The Kier molecular flexibility index (Phi) is 3.57. The van der Waals surface area contributed by atoms with Crippen molar-refractivity contribution in [1.82, 2.24) is 0 Å². The number of rotatable bonds is 3. The minimum absolute atomic E-state index is 0.0456. The average Bonchev–Trinajstić information content (AvgIpc) is 2.19. The maximum absolute atomic E-state index is 9.44. The SMILES string of the molecule is COc1cc(Cl)c(C(N)CO)cc1O. The Hall–Kier alpha value is -0.970. The van der Waals surface area contributed by atoms with Crippen molar-refractivity contribution in [2.45, 2.75) is 6.04 Å². The van der Waals surface area contributed by atoms with Crippen LogP contribution in [0.3, 0.4) is 0 Å². The summed E-state index contributed by atoms with van der Waals surface area (Å²) in [5.74, 6) is 0.236. The van der Waals surface area contributed by atoms with Crippen LogP contribution in [0.4, 0.5) is 0 Å². The van der Waals surface area contributed by atoms with Gasteiger partial charge in [-0.15, -0.1) is 0 Å². The third-order valence-corrected chi connectivity index (χ3v) is 2.22. The lowest BCUT2D eigenvalue weighted by Crippen LogP contribution is -2.14. The van der Waals surface area contributed by atoms with Crippen LogP contribution < -0.4 is 10.5 Å². The molecule has 0 aliphatic rings. The van der Waals surface area contributed by atoms with Crippen molar-refractivity contribution < 1.29 is 14.9 Å². The molecule has 1 aromatic rings. The van der Waals surface area contributed by atoms with Gasteiger partial charge in [0.15, 0.2) is 11.5 Å². The van der Waals surface area contributed by atoms with Crippen molar-refractivity contribution >= 4 is 11.6 Å². The van der Waals surface area contributed by atoms with E-state index >= 15 is 0 Å². The molecular formula is C9H12ClNO3. The highest BCUT2D eigenvalue weighted by molar-refractivity contribution is 6.31. The molecule has 0 amide bonds. The van der Waals surface area contributed by atoms with E-state index in [0.717, 1.165) is 0 Å². The Bertz CT molecular complexity index is 330. The van der Waals surface area contributed by atoms with Crippen LogP contribution in [0.15, 0.2) is 12.1 Å². The lowest BCUT2D eigenvalue weighted by molar-refractivity contribution is 0.267. The second kappa shape index (κ2) is 4.50. The van der Waals surface area contributed by atoms with Crippen LogP contribution >= 0.6 is 11.6 Å². The number of aromatic hydroxyl groups is 1. The van der Waals surface area contributed by atoms with E-state index < -0.39 is 6.04 Å². The van der Waals surface area contributed by atoms with Gasteiger partial charge in [0.2, 0.25) is 0 Å². The van der Waals surface area contributed by atoms with E-state index in [1.165, 1.54) is 19.2 Å². The maximum Gasteiger partial charge on any atom is 0.161 e. The van der Waals surface area contributed by atoms with Gasteiger partial charge in [-0.1, -0.05) is 11.6 Å². The number of hydrogen-bond donors (Lipinski definition) is 3. The van der Waals surface area contributed by atoms with Gasteiger partial charge in [0.05, 0.1) is 19.8 Å². The molecule has 1 rings (SSSR count). The van der Waals surface area contributed by atoms with Crippen LogP contribution in [0.25, 0.3) is 0 Å². The van der Waals surface area contributed by atoms with Gasteiger partial charge < -0.3 is 20.7 Å². The molecule has 0 heterocycles. The average molecular weight is 218 g/mol. The predicted octanol–water partition coefficient (Wildman–Crippen LogP) is 1.05. The van der Waals surface area contributed by atoms with E-state index in [0.29, 0.717) is 10.6 Å². The van der Waals surface area contributed by atoms with Gasteiger partial charge in [0.1, 0.15) is 0 Å². The highest BCUT2D eigenvalue weighted by atomic mass is 35.5. The lowest BCUT2D eigenvalue weighted by Gasteiger charge is -2.12. The largest absolute Gasteiger partial charge is 0.504 e. The molecule has 1 aromatic carbocycles. The van der Waals surface area contributed by atoms with E-state index in [1.54, 1.807) is 0 Å². The summed E-state index contributed by atoms with van der Waals surface area (Å²) in [6, 6.07) is 2.25. The minimum atomic E-state index is -0.598. The Labute approximate surface area is 86.9 Å². The molecule has 0 radical (unpaired) electrons. The number of benzene rings is 1. The van der Waals surface area contributed by atoms with Gasteiger partial charge in [0.25, 0.3) is 0 Å². The Morgan fingerprint density at radius 1 is 1.57 bits per heavy atom. The summed E-state index contributed by atoms with van der Waals surface area (Å²) in [5, 5.41) is 18.6. The van der Waals surface area contributed by atoms with Crippen LogP contribution in [-0.4, -0.2) is 23.9 Å². The van der Waals surface area contributed by atoms with Gasteiger partial charge in [-0.25, -0.2) is 0 Å². The number of nitrogens with two attached hydrogens (primary N) is 1. The van der Waals surface area contributed by atoms with Crippen LogP contribution in [0.1, 0.15) is 11.6 Å². The van der Waals surface area contributed by atoms with E-state index in [2.05, 4.69) is 0 Å². The number of aliphatic hydroxyl groups is 1. The molecule has 0 aliphatic carbocycles. The summed E-state index contributed by atoms with van der Waals surface area (Å²) < 4.78 is 4.86.